The van der Waals surface area contributed by atoms with Crippen molar-refractivity contribution in [3.05, 3.63) is 11.8 Å². The molecule has 1 saturated carbocycles. The van der Waals surface area contributed by atoms with E-state index < -0.39 is 5.60 Å². The molecule has 0 saturated heterocycles. The van der Waals surface area contributed by atoms with Crippen LogP contribution in [0.25, 0.3) is 0 Å². The van der Waals surface area contributed by atoms with E-state index in [1.807, 2.05) is 34.6 Å². The smallest absolute Gasteiger partial charge is 0.162 e. The number of aliphatic hydroxyl groups is 1. The Morgan fingerprint density at radius 1 is 1.37 bits per heavy atom. The molecule has 1 aliphatic carbocycles. The molecule has 1 fully saturated rings. The number of ketones is 1. The Kier molecular flexibility index (Phi) is 4.21. The van der Waals surface area contributed by atoms with Gasteiger partial charge in [-0.25, -0.2) is 0 Å². The first-order valence-corrected chi connectivity index (χ1v) is 7.11. The van der Waals surface area contributed by atoms with Gasteiger partial charge in [0.1, 0.15) is 0 Å². The van der Waals surface area contributed by atoms with Crippen LogP contribution in [-0.2, 0) is 4.79 Å². The SMILES string of the molecule is CC(C)NC(=CC(=O)C(C)(C)C)CC1(O)CC1(C)C. The first-order chi connectivity index (χ1) is 8.37. The van der Waals surface area contributed by atoms with Gasteiger partial charge in [0.05, 0.1) is 5.60 Å². The van der Waals surface area contributed by atoms with E-state index >= 15 is 0 Å². The van der Waals surface area contributed by atoms with Crippen LogP contribution >= 0.6 is 0 Å². The number of rotatable bonds is 5. The normalized spacial score (nSPS) is 26.5. The summed E-state index contributed by atoms with van der Waals surface area (Å²) in [4.78, 5) is 12.1. The Morgan fingerprint density at radius 3 is 2.16 bits per heavy atom. The molecule has 1 atom stereocenters. The van der Waals surface area contributed by atoms with E-state index in [2.05, 4.69) is 19.2 Å². The van der Waals surface area contributed by atoms with Crippen LogP contribution in [0.3, 0.4) is 0 Å². The molecule has 0 bridgehead atoms. The van der Waals surface area contributed by atoms with Gasteiger partial charge in [0.15, 0.2) is 5.78 Å². The highest BCUT2D eigenvalue weighted by atomic mass is 16.3. The minimum atomic E-state index is -0.668. The van der Waals surface area contributed by atoms with Gasteiger partial charge in [-0.3, -0.25) is 4.79 Å². The van der Waals surface area contributed by atoms with Crippen molar-refractivity contribution in [2.75, 3.05) is 0 Å². The third kappa shape index (κ3) is 4.07. The van der Waals surface area contributed by atoms with Crippen molar-refractivity contribution in [2.45, 2.75) is 73.0 Å². The van der Waals surface area contributed by atoms with Crippen LogP contribution in [0, 0.1) is 10.8 Å². The number of nitrogens with one attached hydrogen (secondary N) is 1. The summed E-state index contributed by atoms with van der Waals surface area (Å²) in [5, 5.41) is 13.8. The third-order valence-electron chi connectivity index (χ3n) is 3.87. The molecule has 0 amide bonds. The molecule has 3 heteroatoms. The highest BCUT2D eigenvalue weighted by molar-refractivity contribution is 5.94. The second-order valence-electron chi connectivity index (χ2n) is 7.85. The zero-order valence-electron chi connectivity index (χ0n) is 13.4. The average molecular weight is 267 g/mol. The number of hydrogen-bond acceptors (Lipinski definition) is 3. The fraction of sp³-hybridized carbons (Fsp3) is 0.812. The number of carbonyl (C=O) groups is 1. The van der Waals surface area contributed by atoms with Gasteiger partial charge in [-0.05, 0) is 25.7 Å². The standard InChI is InChI=1S/C16H29NO2/c1-11(2)17-12(8-13(18)14(3,4)5)9-16(19)10-15(16,6)7/h8,11,17,19H,9-10H2,1-7H3. The number of hydrogen-bond donors (Lipinski definition) is 2. The lowest BCUT2D eigenvalue weighted by Gasteiger charge is -2.21. The van der Waals surface area contributed by atoms with E-state index in [-0.39, 0.29) is 22.7 Å². The molecule has 3 nitrogen and oxygen atoms in total. The molecule has 2 N–H and O–H groups in total. The summed E-state index contributed by atoms with van der Waals surface area (Å²) in [7, 11) is 0. The van der Waals surface area contributed by atoms with Gasteiger partial charge in [-0.15, -0.1) is 0 Å². The highest BCUT2D eigenvalue weighted by Crippen LogP contribution is 2.58. The van der Waals surface area contributed by atoms with E-state index in [0.29, 0.717) is 6.42 Å². The molecule has 1 unspecified atom stereocenters. The molecule has 110 valence electrons. The number of allylic oxidation sites excluding steroid dienone is 1. The van der Waals surface area contributed by atoms with Gasteiger partial charge >= 0.3 is 0 Å². The van der Waals surface area contributed by atoms with Gasteiger partial charge in [0.2, 0.25) is 0 Å². The van der Waals surface area contributed by atoms with Crippen LogP contribution in [0.2, 0.25) is 0 Å². The lowest BCUT2D eigenvalue weighted by atomic mass is 9.89. The van der Waals surface area contributed by atoms with Crippen molar-refractivity contribution in [1.82, 2.24) is 5.32 Å². The van der Waals surface area contributed by atoms with Gasteiger partial charge in [0.25, 0.3) is 0 Å². The molecule has 0 heterocycles. The fourth-order valence-electron chi connectivity index (χ4n) is 2.19. The molecule has 0 aromatic heterocycles. The van der Waals surface area contributed by atoms with Crippen molar-refractivity contribution in [1.29, 1.82) is 0 Å². The van der Waals surface area contributed by atoms with E-state index in [1.165, 1.54) is 0 Å². The maximum Gasteiger partial charge on any atom is 0.162 e. The molecular formula is C16H29NO2. The Morgan fingerprint density at radius 2 is 1.84 bits per heavy atom. The summed E-state index contributed by atoms with van der Waals surface area (Å²) in [6.07, 6.45) is 2.99. The van der Waals surface area contributed by atoms with Crippen LogP contribution in [0.4, 0.5) is 0 Å². The second-order valence-corrected chi connectivity index (χ2v) is 7.85. The summed E-state index contributed by atoms with van der Waals surface area (Å²) in [6, 6.07) is 0.254. The van der Waals surface area contributed by atoms with Crippen LogP contribution in [-0.4, -0.2) is 22.5 Å². The van der Waals surface area contributed by atoms with Crippen molar-refractivity contribution in [2.24, 2.45) is 10.8 Å². The highest BCUT2D eigenvalue weighted by Gasteiger charge is 2.60. The van der Waals surface area contributed by atoms with Crippen LogP contribution < -0.4 is 5.32 Å². The monoisotopic (exact) mass is 267 g/mol. The molecule has 0 aromatic rings. The maximum atomic E-state index is 12.1. The fourth-order valence-corrected chi connectivity index (χ4v) is 2.19. The number of carbonyl (C=O) groups excluding carboxylic acids is 1. The molecule has 0 radical (unpaired) electrons. The lowest BCUT2D eigenvalue weighted by Crippen LogP contribution is -2.29. The summed E-state index contributed by atoms with van der Waals surface area (Å²) in [5.74, 6) is 0.0951. The van der Waals surface area contributed by atoms with Gasteiger partial charge < -0.3 is 10.4 Å². The second kappa shape index (κ2) is 4.93. The maximum absolute atomic E-state index is 12.1. The molecule has 0 spiro atoms. The molecule has 0 aromatic carbocycles. The Balaban J connectivity index is 2.85. The average Bonchev–Trinajstić information content (AvgIpc) is 2.60. The van der Waals surface area contributed by atoms with E-state index in [4.69, 9.17) is 0 Å². The topological polar surface area (TPSA) is 49.3 Å². The summed E-state index contributed by atoms with van der Waals surface area (Å²) in [5.41, 5.74) is -0.247. The van der Waals surface area contributed by atoms with E-state index in [9.17, 15) is 9.90 Å². The third-order valence-corrected chi connectivity index (χ3v) is 3.87. The van der Waals surface area contributed by atoms with E-state index in [0.717, 1.165) is 12.1 Å². The van der Waals surface area contributed by atoms with Crippen LogP contribution in [0.1, 0.15) is 61.3 Å². The van der Waals surface area contributed by atoms with Crippen LogP contribution in [0.15, 0.2) is 11.8 Å². The predicted octanol–water partition coefficient (Wildman–Crippen LogP) is 3.03. The zero-order chi connectivity index (χ0) is 15.1. The first-order valence-electron chi connectivity index (χ1n) is 7.11. The Bertz CT molecular complexity index is 388. The molecule has 1 rings (SSSR count). The molecule has 19 heavy (non-hydrogen) atoms. The largest absolute Gasteiger partial charge is 0.389 e. The summed E-state index contributed by atoms with van der Waals surface area (Å²) < 4.78 is 0. The van der Waals surface area contributed by atoms with Crippen molar-refractivity contribution in [3.63, 3.8) is 0 Å². The summed E-state index contributed by atoms with van der Waals surface area (Å²) >= 11 is 0. The van der Waals surface area contributed by atoms with Crippen molar-refractivity contribution in [3.8, 4) is 0 Å². The lowest BCUT2D eigenvalue weighted by molar-refractivity contribution is -0.121. The van der Waals surface area contributed by atoms with Crippen LogP contribution in [0.5, 0.6) is 0 Å². The predicted molar refractivity (Wildman–Crippen MR) is 78.8 cm³/mol. The minimum Gasteiger partial charge on any atom is -0.389 e. The quantitative estimate of drug-likeness (QED) is 0.753. The molecule has 0 aliphatic heterocycles. The Hall–Kier alpha value is -0.830. The summed E-state index contributed by atoms with van der Waals surface area (Å²) in [6.45, 7) is 13.9. The zero-order valence-corrected chi connectivity index (χ0v) is 13.4. The van der Waals surface area contributed by atoms with E-state index in [1.54, 1.807) is 6.08 Å². The molecular weight excluding hydrogens is 238 g/mol. The van der Waals surface area contributed by atoms with Crippen molar-refractivity contribution >= 4 is 5.78 Å². The first kappa shape index (κ1) is 16.2. The van der Waals surface area contributed by atoms with Gasteiger partial charge in [0, 0.05) is 29.7 Å². The Labute approximate surface area is 117 Å². The minimum absolute atomic E-state index is 0.0461. The van der Waals surface area contributed by atoms with Crippen molar-refractivity contribution < 1.29 is 9.90 Å². The molecule has 1 aliphatic rings. The van der Waals surface area contributed by atoms with Gasteiger partial charge in [-0.2, -0.15) is 0 Å². The van der Waals surface area contributed by atoms with Gasteiger partial charge in [-0.1, -0.05) is 34.6 Å².